The molecular weight excluding hydrogens is 504 g/mol. The van der Waals surface area contributed by atoms with Gasteiger partial charge in [-0.1, -0.05) is 30.3 Å². The second kappa shape index (κ2) is 10.3. The number of hydrogen-bond donors (Lipinski definition) is 2. The van der Waals surface area contributed by atoms with Crippen LogP contribution >= 0.6 is 11.6 Å². The summed E-state index contributed by atoms with van der Waals surface area (Å²) in [5.74, 6) is 0.0928. The molecule has 190 valence electrons. The number of likely N-dealkylation sites (tertiary alicyclic amines) is 1. The van der Waals surface area contributed by atoms with E-state index in [0.29, 0.717) is 52.2 Å². The number of pyridine rings is 2. The zero-order chi connectivity index (χ0) is 26.8. The Morgan fingerprint density at radius 3 is 2.82 bits per heavy atom. The van der Waals surface area contributed by atoms with Gasteiger partial charge >= 0.3 is 0 Å². The Labute approximate surface area is 223 Å². The third-order valence-corrected chi connectivity index (χ3v) is 6.81. The quantitative estimate of drug-likeness (QED) is 0.371. The van der Waals surface area contributed by atoms with Crippen LogP contribution in [-0.4, -0.2) is 49.6 Å². The number of fused-ring (bicyclic) bond motifs is 1. The molecule has 3 aromatic heterocycles. The van der Waals surface area contributed by atoms with Gasteiger partial charge in [-0.05, 0) is 43.2 Å². The maximum Gasteiger partial charge on any atom is 0.256 e. The van der Waals surface area contributed by atoms with Gasteiger partial charge in [0.2, 0.25) is 5.91 Å². The first-order chi connectivity index (χ1) is 18.4. The number of nitrogen functional groups attached to an aromatic ring is 1. The predicted molar refractivity (Wildman–Crippen MR) is 144 cm³/mol. The number of nitriles is 1. The number of amides is 2. The lowest BCUT2D eigenvalue weighted by Gasteiger charge is -2.32. The molecule has 3 N–H and O–H groups in total. The fourth-order valence-electron chi connectivity index (χ4n) is 4.69. The lowest BCUT2D eigenvalue weighted by molar-refractivity contribution is -0.127. The summed E-state index contributed by atoms with van der Waals surface area (Å²) in [7, 11) is 0. The molecule has 0 saturated carbocycles. The Hall–Kier alpha value is -4.75. The molecule has 1 aromatic carbocycles. The molecule has 10 nitrogen and oxygen atoms in total. The lowest BCUT2D eigenvalue weighted by Crippen LogP contribution is -2.40. The zero-order valence-electron chi connectivity index (χ0n) is 20.3. The van der Waals surface area contributed by atoms with Gasteiger partial charge in [0.25, 0.3) is 5.91 Å². The monoisotopic (exact) mass is 526 g/mol. The van der Waals surface area contributed by atoms with Crippen molar-refractivity contribution in [1.82, 2.24) is 24.6 Å². The molecule has 1 atom stereocenters. The van der Waals surface area contributed by atoms with Crippen LogP contribution in [0.5, 0.6) is 0 Å². The molecule has 1 fully saturated rings. The highest BCUT2D eigenvalue weighted by Gasteiger charge is 2.29. The third kappa shape index (κ3) is 4.55. The number of aromatic nitrogens is 4. The van der Waals surface area contributed by atoms with Crippen molar-refractivity contribution in [3.63, 3.8) is 0 Å². The van der Waals surface area contributed by atoms with Crippen molar-refractivity contribution >= 4 is 46.0 Å². The Balaban J connectivity index is 1.58. The number of carbonyl (C=O) groups excluding carboxylic acids is 2. The van der Waals surface area contributed by atoms with E-state index in [-0.39, 0.29) is 28.7 Å². The van der Waals surface area contributed by atoms with Gasteiger partial charge in [-0.2, -0.15) is 10.4 Å². The van der Waals surface area contributed by atoms with E-state index in [4.69, 9.17) is 22.4 Å². The summed E-state index contributed by atoms with van der Waals surface area (Å²) in [6.45, 7) is 4.62. The van der Waals surface area contributed by atoms with Crippen LogP contribution in [0.15, 0.2) is 61.4 Å². The second-order valence-electron chi connectivity index (χ2n) is 8.83. The first-order valence-electron chi connectivity index (χ1n) is 11.9. The zero-order valence-corrected chi connectivity index (χ0v) is 21.0. The van der Waals surface area contributed by atoms with Gasteiger partial charge in [-0.15, -0.1) is 0 Å². The molecule has 11 heteroatoms. The number of carbonyl (C=O) groups is 2. The van der Waals surface area contributed by atoms with Gasteiger partial charge in [0.1, 0.15) is 23.4 Å². The number of piperidine rings is 1. The minimum atomic E-state index is -0.366. The molecule has 1 aliphatic heterocycles. The van der Waals surface area contributed by atoms with Crippen molar-refractivity contribution in [2.75, 3.05) is 24.1 Å². The molecule has 1 aliphatic rings. The summed E-state index contributed by atoms with van der Waals surface area (Å²) >= 11 is 6.68. The summed E-state index contributed by atoms with van der Waals surface area (Å²) in [6.07, 6.45) is 5.82. The van der Waals surface area contributed by atoms with E-state index in [1.807, 2.05) is 0 Å². The van der Waals surface area contributed by atoms with Crippen molar-refractivity contribution < 1.29 is 9.59 Å². The van der Waals surface area contributed by atoms with Gasteiger partial charge in [0, 0.05) is 36.6 Å². The van der Waals surface area contributed by atoms with Gasteiger partial charge in [0.15, 0.2) is 0 Å². The Morgan fingerprint density at radius 1 is 1.26 bits per heavy atom. The normalized spacial score (nSPS) is 15.2. The summed E-state index contributed by atoms with van der Waals surface area (Å²) in [4.78, 5) is 35.1. The molecule has 0 aliphatic carbocycles. The second-order valence-corrected chi connectivity index (χ2v) is 9.24. The Kier molecular flexibility index (Phi) is 6.77. The van der Waals surface area contributed by atoms with Gasteiger partial charge in [-0.3, -0.25) is 14.3 Å². The fraction of sp³-hybridized carbons (Fsp3) is 0.185. The van der Waals surface area contributed by atoms with Crippen molar-refractivity contribution in [2.24, 2.45) is 0 Å². The Morgan fingerprint density at radius 2 is 2.11 bits per heavy atom. The van der Waals surface area contributed by atoms with E-state index >= 15 is 0 Å². The van der Waals surface area contributed by atoms with E-state index in [1.54, 1.807) is 52.2 Å². The smallest absolute Gasteiger partial charge is 0.256 e. The predicted octanol–water partition coefficient (Wildman–Crippen LogP) is 4.20. The van der Waals surface area contributed by atoms with Gasteiger partial charge in [-0.25, -0.2) is 9.97 Å². The number of nitrogens with two attached hydrogens (primary N) is 1. The van der Waals surface area contributed by atoms with Crippen LogP contribution in [0.2, 0.25) is 5.02 Å². The minimum absolute atomic E-state index is 0.157. The summed E-state index contributed by atoms with van der Waals surface area (Å²) in [5, 5.41) is 18.2. The molecular formula is C27H23ClN8O2. The highest BCUT2D eigenvalue weighted by Crippen LogP contribution is 2.39. The number of hydrogen-bond acceptors (Lipinski definition) is 7. The molecule has 4 aromatic rings. The van der Waals surface area contributed by atoms with E-state index in [2.05, 4.69) is 27.9 Å². The number of nitrogens with zero attached hydrogens (tertiary/aromatic N) is 6. The van der Waals surface area contributed by atoms with Crippen molar-refractivity contribution in [2.45, 2.75) is 18.9 Å². The fourth-order valence-corrected chi connectivity index (χ4v) is 4.96. The lowest BCUT2D eigenvalue weighted by atomic mass is 10.0. The van der Waals surface area contributed by atoms with E-state index in [9.17, 15) is 14.9 Å². The topological polar surface area (TPSA) is 143 Å². The largest absolute Gasteiger partial charge is 0.383 e. The molecule has 0 bridgehead atoms. The standard InChI is InChI=1S/C27H23ClN8O2/c1-2-22(37)35-11-5-6-18(15-35)36-25-17(13-29)14-32-26(30)23(25)24(34-36)19-9-8-16(12-20(19)28)27(38)33-21-7-3-4-10-31-21/h2-4,7-10,12,14,18H,1,5-6,11,15H2,(H2,30,32)(H,31,33,38). The summed E-state index contributed by atoms with van der Waals surface area (Å²) in [5.41, 5.74) is 8.45. The third-order valence-electron chi connectivity index (χ3n) is 6.50. The van der Waals surface area contributed by atoms with E-state index in [1.165, 1.54) is 12.3 Å². The summed E-state index contributed by atoms with van der Waals surface area (Å²) < 4.78 is 1.75. The van der Waals surface area contributed by atoms with Crippen molar-refractivity contribution in [1.29, 1.82) is 5.26 Å². The van der Waals surface area contributed by atoms with Crippen molar-refractivity contribution in [3.05, 3.63) is 77.6 Å². The number of halogens is 1. The van der Waals surface area contributed by atoms with Gasteiger partial charge in [0.05, 0.1) is 27.5 Å². The molecule has 4 heterocycles. The number of anilines is 2. The average Bonchev–Trinajstić information content (AvgIpc) is 3.35. The molecule has 38 heavy (non-hydrogen) atoms. The SMILES string of the molecule is C=CC(=O)N1CCCC(n2nc(-c3ccc(C(=O)Nc4ccccn4)cc3Cl)c3c(N)ncc(C#N)c32)C1. The minimum Gasteiger partial charge on any atom is -0.383 e. The number of rotatable bonds is 5. The molecule has 1 saturated heterocycles. The Bertz CT molecular complexity index is 1610. The molecule has 2 amide bonds. The number of benzene rings is 1. The van der Waals surface area contributed by atoms with Crippen LogP contribution in [0.3, 0.4) is 0 Å². The number of nitrogens with one attached hydrogen (secondary N) is 1. The first-order valence-corrected chi connectivity index (χ1v) is 12.3. The van der Waals surface area contributed by atoms with E-state index < -0.39 is 0 Å². The highest BCUT2D eigenvalue weighted by molar-refractivity contribution is 6.34. The maximum atomic E-state index is 12.8. The molecule has 0 radical (unpaired) electrons. The summed E-state index contributed by atoms with van der Waals surface area (Å²) in [6, 6.07) is 12.1. The average molecular weight is 527 g/mol. The maximum absolute atomic E-state index is 12.8. The molecule has 5 rings (SSSR count). The van der Waals surface area contributed by atoms with Crippen LogP contribution in [0.4, 0.5) is 11.6 Å². The molecule has 0 spiro atoms. The van der Waals surface area contributed by atoms with Crippen molar-refractivity contribution in [3.8, 4) is 17.3 Å². The highest BCUT2D eigenvalue weighted by atomic mass is 35.5. The molecule has 1 unspecified atom stereocenters. The van der Waals surface area contributed by atoms with E-state index in [0.717, 1.165) is 12.8 Å². The first kappa shape index (κ1) is 24.9. The van der Waals surface area contributed by atoms with Crippen LogP contribution in [-0.2, 0) is 4.79 Å². The van der Waals surface area contributed by atoms with Crippen LogP contribution in [0.1, 0.15) is 34.8 Å². The van der Waals surface area contributed by atoms with Crippen LogP contribution in [0.25, 0.3) is 22.2 Å². The van der Waals surface area contributed by atoms with Crippen LogP contribution < -0.4 is 11.1 Å². The van der Waals surface area contributed by atoms with Gasteiger partial charge < -0.3 is 16.0 Å². The van der Waals surface area contributed by atoms with Crippen LogP contribution in [0, 0.1) is 11.3 Å².